The van der Waals surface area contributed by atoms with Crippen molar-refractivity contribution < 1.29 is 9.59 Å². The fraction of sp³-hybridized carbons (Fsp3) is 0.875. The van der Waals surface area contributed by atoms with Crippen molar-refractivity contribution >= 4 is 11.8 Å². The molecule has 1 unspecified atom stereocenters. The summed E-state index contributed by atoms with van der Waals surface area (Å²) in [6.45, 7) is 3.63. The number of carbonyl (C=O) groups is 2. The Balaban J connectivity index is 1.51. The highest BCUT2D eigenvalue weighted by atomic mass is 16.2. The van der Waals surface area contributed by atoms with Gasteiger partial charge >= 0.3 is 0 Å². The van der Waals surface area contributed by atoms with Crippen LogP contribution in [0.4, 0.5) is 0 Å². The van der Waals surface area contributed by atoms with Gasteiger partial charge < -0.3 is 15.1 Å². The van der Waals surface area contributed by atoms with Crippen molar-refractivity contribution in [3.63, 3.8) is 0 Å². The molecule has 2 heterocycles. The maximum absolute atomic E-state index is 12.7. The van der Waals surface area contributed by atoms with E-state index in [-0.39, 0.29) is 17.7 Å². The smallest absolute Gasteiger partial charge is 0.226 e. The van der Waals surface area contributed by atoms with E-state index in [9.17, 15) is 9.59 Å². The number of rotatable bonds is 2. The SMILES string of the molecule is CN(C)C(=O)C1CCN(C(=O)C2CC23CCNCC3)CC1. The Bertz CT molecular complexity index is 421. The molecule has 2 aliphatic heterocycles. The average molecular weight is 293 g/mol. The number of nitrogens with zero attached hydrogens (tertiary/aromatic N) is 2. The quantitative estimate of drug-likeness (QED) is 0.815. The van der Waals surface area contributed by atoms with E-state index < -0.39 is 0 Å². The van der Waals surface area contributed by atoms with E-state index >= 15 is 0 Å². The molecule has 1 aliphatic carbocycles. The lowest BCUT2D eigenvalue weighted by Crippen LogP contribution is -2.44. The molecule has 3 fully saturated rings. The molecule has 1 atom stereocenters. The predicted molar refractivity (Wildman–Crippen MR) is 80.6 cm³/mol. The zero-order chi connectivity index (χ0) is 15.0. The van der Waals surface area contributed by atoms with Gasteiger partial charge in [0.1, 0.15) is 0 Å². The highest BCUT2D eigenvalue weighted by Gasteiger charge is 2.58. The Morgan fingerprint density at radius 2 is 1.76 bits per heavy atom. The van der Waals surface area contributed by atoms with Gasteiger partial charge in [-0.2, -0.15) is 0 Å². The lowest BCUT2D eigenvalue weighted by molar-refractivity contribution is -0.140. The standard InChI is InChI=1S/C16H27N3O2/c1-18(2)14(20)12-3-9-19(10-4-12)15(21)13-11-16(13)5-7-17-8-6-16/h12-13,17H,3-11H2,1-2H3. The molecule has 3 rings (SSSR count). The molecule has 5 nitrogen and oxygen atoms in total. The van der Waals surface area contributed by atoms with Gasteiger partial charge in [-0.25, -0.2) is 0 Å². The van der Waals surface area contributed by atoms with Gasteiger partial charge in [0, 0.05) is 39.0 Å². The van der Waals surface area contributed by atoms with Crippen molar-refractivity contribution in [3.8, 4) is 0 Å². The van der Waals surface area contributed by atoms with E-state index in [1.165, 1.54) is 0 Å². The maximum atomic E-state index is 12.7. The first-order valence-corrected chi connectivity index (χ1v) is 8.24. The van der Waals surface area contributed by atoms with Gasteiger partial charge in [-0.15, -0.1) is 0 Å². The molecule has 2 amide bonds. The highest BCUT2D eigenvalue weighted by Crippen LogP contribution is 2.59. The van der Waals surface area contributed by atoms with E-state index in [0.29, 0.717) is 11.3 Å². The number of hydrogen-bond acceptors (Lipinski definition) is 3. The van der Waals surface area contributed by atoms with Crippen LogP contribution in [0.1, 0.15) is 32.1 Å². The molecule has 0 bridgehead atoms. The maximum Gasteiger partial charge on any atom is 0.226 e. The van der Waals surface area contributed by atoms with Gasteiger partial charge in [-0.05, 0) is 50.6 Å². The van der Waals surface area contributed by atoms with Crippen molar-refractivity contribution in [3.05, 3.63) is 0 Å². The molecule has 2 saturated heterocycles. The average Bonchev–Trinajstić information content (AvgIpc) is 3.19. The normalized spacial score (nSPS) is 28.5. The summed E-state index contributed by atoms with van der Waals surface area (Å²) in [6.07, 6.45) is 5.04. The molecule has 118 valence electrons. The summed E-state index contributed by atoms with van der Waals surface area (Å²) in [6, 6.07) is 0. The Labute approximate surface area is 127 Å². The van der Waals surface area contributed by atoms with Crippen molar-refractivity contribution in [1.29, 1.82) is 0 Å². The summed E-state index contributed by atoms with van der Waals surface area (Å²) < 4.78 is 0. The van der Waals surface area contributed by atoms with E-state index in [0.717, 1.165) is 58.3 Å². The lowest BCUT2D eigenvalue weighted by Gasteiger charge is -2.33. The fourth-order valence-electron chi connectivity index (χ4n) is 4.11. The van der Waals surface area contributed by atoms with Crippen LogP contribution in [0.15, 0.2) is 0 Å². The van der Waals surface area contributed by atoms with Crippen LogP contribution in [-0.4, -0.2) is 61.9 Å². The first kappa shape index (κ1) is 14.8. The van der Waals surface area contributed by atoms with Gasteiger partial charge in [0.25, 0.3) is 0 Å². The summed E-state index contributed by atoms with van der Waals surface area (Å²) in [5, 5.41) is 3.38. The molecular weight excluding hydrogens is 266 g/mol. The number of amides is 2. The molecule has 1 saturated carbocycles. The zero-order valence-electron chi connectivity index (χ0n) is 13.2. The molecule has 5 heteroatoms. The minimum absolute atomic E-state index is 0.107. The summed E-state index contributed by atoms with van der Waals surface area (Å²) >= 11 is 0. The van der Waals surface area contributed by atoms with Crippen LogP contribution >= 0.6 is 0 Å². The van der Waals surface area contributed by atoms with E-state index in [1.54, 1.807) is 4.90 Å². The largest absolute Gasteiger partial charge is 0.349 e. The molecule has 0 aromatic carbocycles. The monoisotopic (exact) mass is 293 g/mol. The third-order valence-corrected chi connectivity index (χ3v) is 5.68. The van der Waals surface area contributed by atoms with Crippen LogP contribution in [-0.2, 0) is 9.59 Å². The van der Waals surface area contributed by atoms with Crippen molar-refractivity contribution in [2.24, 2.45) is 17.3 Å². The van der Waals surface area contributed by atoms with Gasteiger partial charge in [-0.3, -0.25) is 9.59 Å². The summed E-state index contributed by atoms with van der Waals surface area (Å²) in [5.74, 6) is 0.938. The zero-order valence-corrected chi connectivity index (χ0v) is 13.2. The summed E-state index contributed by atoms with van der Waals surface area (Å²) in [4.78, 5) is 28.3. The second-order valence-corrected chi connectivity index (χ2v) is 7.20. The molecule has 1 N–H and O–H groups in total. The fourth-order valence-corrected chi connectivity index (χ4v) is 4.11. The number of piperidine rings is 2. The Hall–Kier alpha value is -1.10. The van der Waals surface area contributed by atoms with Crippen molar-refractivity contribution in [2.75, 3.05) is 40.3 Å². The van der Waals surface area contributed by atoms with Gasteiger partial charge in [0.2, 0.25) is 11.8 Å². The minimum Gasteiger partial charge on any atom is -0.349 e. The van der Waals surface area contributed by atoms with Crippen LogP contribution in [0.5, 0.6) is 0 Å². The Morgan fingerprint density at radius 3 is 2.33 bits per heavy atom. The molecule has 3 aliphatic rings. The summed E-state index contributed by atoms with van der Waals surface area (Å²) in [5.41, 5.74) is 0.318. The van der Waals surface area contributed by atoms with Crippen LogP contribution in [0.2, 0.25) is 0 Å². The topological polar surface area (TPSA) is 52.7 Å². The van der Waals surface area contributed by atoms with E-state index in [4.69, 9.17) is 0 Å². The molecule has 21 heavy (non-hydrogen) atoms. The first-order valence-electron chi connectivity index (χ1n) is 8.24. The van der Waals surface area contributed by atoms with Crippen LogP contribution < -0.4 is 5.32 Å². The van der Waals surface area contributed by atoms with Crippen molar-refractivity contribution in [1.82, 2.24) is 15.1 Å². The van der Waals surface area contributed by atoms with Crippen LogP contribution in [0.25, 0.3) is 0 Å². The van der Waals surface area contributed by atoms with Gasteiger partial charge in [0.05, 0.1) is 0 Å². The predicted octanol–water partition coefficient (Wildman–Crippen LogP) is 0.703. The summed E-state index contributed by atoms with van der Waals surface area (Å²) in [7, 11) is 3.62. The second kappa shape index (κ2) is 5.59. The highest BCUT2D eigenvalue weighted by molar-refractivity contribution is 5.83. The number of carbonyl (C=O) groups excluding carboxylic acids is 2. The van der Waals surface area contributed by atoms with Gasteiger partial charge in [0.15, 0.2) is 0 Å². The number of nitrogens with one attached hydrogen (secondary N) is 1. The third kappa shape index (κ3) is 2.80. The lowest BCUT2D eigenvalue weighted by atomic mass is 9.90. The van der Waals surface area contributed by atoms with Crippen molar-refractivity contribution in [2.45, 2.75) is 32.1 Å². The molecular formula is C16H27N3O2. The van der Waals surface area contributed by atoms with E-state index in [1.807, 2.05) is 19.0 Å². The molecule has 0 radical (unpaired) electrons. The second-order valence-electron chi connectivity index (χ2n) is 7.20. The van der Waals surface area contributed by atoms with Gasteiger partial charge in [-0.1, -0.05) is 0 Å². The molecule has 0 aromatic rings. The Kier molecular flexibility index (Phi) is 3.95. The first-order chi connectivity index (χ1) is 10.0. The number of hydrogen-bond donors (Lipinski definition) is 1. The van der Waals surface area contributed by atoms with E-state index in [2.05, 4.69) is 5.32 Å². The molecule has 0 aromatic heterocycles. The van der Waals surface area contributed by atoms with Crippen LogP contribution in [0, 0.1) is 17.3 Å². The Morgan fingerprint density at radius 1 is 1.14 bits per heavy atom. The molecule has 1 spiro atoms. The minimum atomic E-state index is 0.107. The van der Waals surface area contributed by atoms with Crippen LogP contribution in [0.3, 0.4) is 0 Å². The number of likely N-dealkylation sites (tertiary alicyclic amines) is 1. The third-order valence-electron chi connectivity index (χ3n) is 5.68.